The first-order valence-electron chi connectivity index (χ1n) is 6.10. The van der Waals surface area contributed by atoms with Crippen molar-refractivity contribution in [3.8, 4) is 5.88 Å². The van der Waals surface area contributed by atoms with E-state index < -0.39 is 0 Å². The van der Waals surface area contributed by atoms with Gasteiger partial charge in [0.05, 0.1) is 6.10 Å². The third-order valence-electron chi connectivity index (χ3n) is 2.53. The lowest BCUT2D eigenvalue weighted by Gasteiger charge is -2.19. The lowest BCUT2D eigenvalue weighted by Crippen LogP contribution is -2.19. The van der Waals surface area contributed by atoms with Crippen molar-refractivity contribution in [1.29, 1.82) is 0 Å². The molecule has 96 valence electrons. The quantitative estimate of drug-likeness (QED) is 0.874. The number of rotatable bonds is 4. The van der Waals surface area contributed by atoms with E-state index in [0.717, 1.165) is 18.1 Å². The third-order valence-corrected chi connectivity index (χ3v) is 2.53. The fourth-order valence-corrected chi connectivity index (χ4v) is 1.24. The average Bonchev–Trinajstić information content (AvgIpc) is 2.27. The molecule has 1 heterocycles. The molecular formula is C13H23N3O. The molecule has 1 unspecified atom stereocenters. The molecule has 0 aromatic carbocycles. The standard InChI is InChI=1S/C13H23N3O/c1-7-9(2)17-11-8-10(14-6)15-12(16-11)13(3,4)5/h8-9H,7H2,1-6H3,(H,14,15,16). The van der Waals surface area contributed by atoms with Crippen molar-refractivity contribution in [2.75, 3.05) is 12.4 Å². The van der Waals surface area contributed by atoms with Crippen molar-refractivity contribution >= 4 is 5.82 Å². The topological polar surface area (TPSA) is 47.0 Å². The minimum atomic E-state index is -0.0829. The lowest BCUT2D eigenvalue weighted by molar-refractivity contribution is 0.207. The Morgan fingerprint density at radius 2 is 2.00 bits per heavy atom. The van der Waals surface area contributed by atoms with Crippen LogP contribution in [0.1, 0.15) is 46.9 Å². The summed E-state index contributed by atoms with van der Waals surface area (Å²) in [5.41, 5.74) is -0.0829. The molecule has 4 heteroatoms. The highest BCUT2D eigenvalue weighted by atomic mass is 16.5. The highest BCUT2D eigenvalue weighted by Crippen LogP contribution is 2.23. The maximum absolute atomic E-state index is 5.75. The summed E-state index contributed by atoms with van der Waals surface area (Å²) in [6.07, 6.45) is 1.13. The Morgan fingerprint density at radius 1 is 1.35 bits per heavy atom. The van der Waals surface area contributed by atoms with Crippen LogP contribution in [0.2, 0.25) is 0 Å². The highest BCUT2D eigenvalue weighted by Gasteiger charge is 2.19. The molecule has 0 aliphatic rings. The summed E-state index contributed by atoms with van der Waals surface area (Å²) in [4.78, 5) is 8.92. The zero-order valence-electron chi connectivity index (χ0n) is 11.7. The van der Waals surface area contributed by atoms with Gasteiger partial charge >= 0.3 is 0 Å². The van der Waals surface area contributed by atoms with Crippen molar-refractivity contribution in [3.63, 3.8) is 0 Å². The number of nitrogens with zero attached hydrogens (tertiary/aromatic N) is 2. The Morgan fingerprint density at radius 3 is 2.47 bits per heavy atom. The fourth-order valence-electron chi connectivity index (χ4n) is 1.24. The number of ether oxygens (including phenoxy) is 1. The number of hydrogen-bond donors (Lipinski definition) is 1. The van der Waals surface area contributed by atoms with Crippen molar-refractivity contribution < 1.29 is 4.74 Å². The van der Waals surface area contributed by atoms with Gasteiger partial charge < -0.3 is 10.1 Å². The smallest absolute Gasteiger partial charge is 0.219 e. The summed E-state index contributed by atoms with van der Waals surface area (Å²) in [7, 11) is 1.85. The average molecular weight is 237 g/mol. The predicted molar refractivity (Wildman–Crippen MR) is 70.7 cm³/mol. The molecule has 0 aliphatic carbocycles. The van der Waals surface area contributed by atoms with Gasteiger partial charge in [0, 0.05) is 18.5 Å². The van der Waals surface area contributed by atoms with Crippen molar-refractivity contribution in [2.24, 2.45) is 0 Å². The zero-order chi connectivity index (χ0) is 13.1. The summed E-state index contributed by atoms with van der Waals surface area (Å²) >= 11 is 0. The first-order chi connectivity index (χ1) is 7.86. The summed E-state index contributed by atoms with van der Waals surface area (Å²) in [5.74, 6) is 2.23. The van der Waals surface area contributed by atoms with Crippen LogP contribution in [0.5, 0.6) is 5.88 Å². The zero-order valence-corrected chi connectivity index (χ0v) is 11.7. The maximum atomic E-state index is 5.75. The molecule has 17 heavy (non-hydrogen) atoms. The van der Waals surface area contributed by atoms with Gasteiger partial charge in [-0.3, -0.25) is 0 Å². The SMILES string of the molecule is CCC(C)Oc1cc(NC)nc(C(C)(C)C)n1. The van der Waals surface area contributed by atoms with E-state index in [1.165, 1.54) is 0 Å². The van der Waals surface area contributed by atoms with Crippen LogP contribution >= 0.6 is 0 Å². The van der Waals surface area contributed by atoms with Crippen LogP contribution in [-0.2, 0) is 5.41 Å². The largest absolute Gasteiger partial charge is 0.475 e. The molecule has 4 nitrogen and oxygen atoms in total. The van der Waals surface area contributed by atoms with Crippen molar-refractivity contribution in [2.45, 2.75) is 52.6 Å². The molecule has 0 aliphatic heterocycles. The van der Waals surface area contributed by atoms with Gasteiger partial charge in [-0.15, -0.1) is 0 Å². The number of hydrogen-bond acceptors (Lipinski definition) is 4. The normalized spacial score (nSPS) is 13.3. The molecule has 0 radical (unpaired) electrons. The number of anilines is 1. The van der Waals surface area contributed by atoms with E-state index >= 15 is 0 Å². The summed E-state index contributed by atoms with van der Waals surface area (Å²) < 4.78 is 5.75. The van der Waals surface area contributed by atoms with E-state index in [0.29, 0.717) is 5.88 Å². The minimum Gasteiger partial charge on any atom is -0.475 e. The monoisotopic (exact) mass is 237 g/mol. The van der Waals surface area contributed by atoms with Crippen LogP contribution in [0.3, 0.4) is 0 Å². The van der Waals surface area contributed by atoms with Gasteiger partial charge in [0.1, 0.15) is 11.6 Å². The number of nitrogens with one attached hydrogen (secondary N) is 1. The first kappa shape index (κ1) is 13.7. The summed E-state index contributed by atoms with van der Waals surface area (Å²) in [6, 6.07) is 1.83. The van der Waals surface area contributed by atoms with Gasteiger partial charge in [-0.1, -0.05) is 27.7 Å². The molecular weight excluding hydrogens is 214 g/mol. The van der Waals surface area contributed by atoms with Gasteiger partial charge in [0.15, 0.2) is 0 Å². The van der Waals surface area contributed by atoms with Crippen LogP contribution in [0, 0.1) is 0 Å². The third kappa shape index (κ3) is 3.88. The van der Waals surface area contributed by atoms with Gasteiger partial charge in [0.25, 0.3) is 0 Å². The Labute approximate surface area is 104 Å². The van der Waals surface area contributed by atoms with Crippen LogP contribution < -0.4 is 10.1 Å². The second-order valence-electron chi connectivity index (χ2n) is 5.25. The Balaban J connectivity index is 3.05. The Bertz CT molecular complexity index is 371. The van der Waals surface area contributed by atoms with Crippen LogP contribution in [-0.4, -0.2) is 23.1 Å². The molecule has 0 fully saturated rings. The second-order valence-corrected chi connectivity index (χ2v) is 5.25. The Hall–Kier alpha value is -1.32. The number of aromatic nitrogens is 2. The fraction of sp³-hybridized carbons (Fsp3) is 0.692. The van der Waals surface area contributed by atoms with Gasteiger partial charge in [-0.05, 0) is 13.3 Å². The van der Waals surface area contributed by atoms with Gasteiger partial charge in [-0.2, -0.15) is 4.98 Å². The minimum absolute atomic E-state index is 0.0829. The van der Waals surface area contributed by atoms with E-state index in [4.69, 9.17) is 4.74 Å². The molecule has 0 saturated carbocycles. The van der Waals surface area contributed by atoms with Crippen molar-refractivity contribution in [3.05, 3.63) is 11.9 Å². The van der Waals surface area contributed by atoms with Gasteiger partial charge in [0.2, 0.25) is 5.88 Å². The summed E-state index contributed by atoms with van der Waals surface area (Å²) in [6.45, 7) is 10.4. The first-order valence-corrected chi connectivity index (χ1v) is 6.10. The maximum Gasteiger partial charge on any atom is 0.219 e. The molecule has 0 amide bonds. The van der Waals surface area contributed by atoms with Crippen LogP contribution in [0.25, 0.3) is 0 Å². The van der Waals surface area contributed by atoms with Crippen LogP contribution in [0.4, 0.5) is 5.82 Å². The molecule has 1 N–H and O–H groups in total. The van der Waals surface area contributed by atoms with E-state index in [-0.39, 0.29) is 11.5 Å². The van der Waals surface area contributed by atoms with E-state index in [9.17, 15) is 0 Å². The molecule has 1 aromatic rings. The van der Waals surface area contributed by atoms with Crippen molar-refractivity contribution in [1.82, 2.24) is 9.97 Å². The van der Waals surface area contributed by atoms with E-state index in [2.05, 4.69) is 43.0 Å². The van der Waals surface area contributed by atoms with E-state index in [1.807, 2.05) is 20.0 Å². The molecule has 0 bridgehead atoms. The van der Waals surface area contributed by atoms with E-state index in [1.54, 1.807) is 0 Å². The highest BCUT2D eigenvalue weighted by molar-refractivity contribution is 5.38. The Kier molecular flexibility index (Phi) is 4.32. The molecule has 1 atom stereocenters. The molecule has 0 spiro atoms. The second kappa shape index (κ2) is 5.34. The molecule has 1 aromatic heterocycles. The predicted octanol–water partition coefficient (Wildman–Crippen LogP) is 2.99. The molecule has 0 saturated heterocycles. The lowest BCUT2D eigenvalue weighted by atomic mass is 9.96. The molecule has 1 rings (SSSR count). The van der Waals surface area contributed by atoms with Gasteiger partial charge in [-0.25, -0.2) is 4.98 Å². The van der Waals surface area contributed by atoms with Crippen LogP contribution in [0.15, 0.2) is 6.07 Å². The summed E-state index contributed by atoms with van der Waals surface area (Å²) in [5, 5.41) is 3.04.